The molecule has 7 heteroatoms. The Bertz CT molecular complexity index is 806. The van der Waals surface area contributed by atoms with Crippen LogP contribution in [0.5, 0.6) is 0 Å². The number of hydrogen-bond donors (Lipinski definition) is 3. The van der Waals surface area contributed by atoms with Gasteiger partial charge < -0.3 is 16.4 Å². The van der Waals surface area contributed by atoms with Gasteiger partial charge in [-0.2, -0.15) is 0 Å². The molecule has 0 spiro atoms. The third-order valence-corrected chi connectivity index (χ3v) is 5.03. The van der Waals surface area contributed by atoms with Gasteiger partial charge in [-0.1, -0.05) is 11.6 Å². The highest BCUT2D eigenvalue weighted by Crippen LogP contribution is 2.23. The molecule has 5 nitrogen and oxygen atoms in total. The Kier molecular flexibility index (Phi) is 5.61. The van der Waals surface area contributed by atoms with E-state index in [4.69, 9.17) is 17.3 Å². The maximum Gasteiger partial charge on any atom is 0.251 e. The van der Waals surface area contributed by atoms with E-state index in [0.717, 1.165) is 42.8 Å². The predicted molar refractivity (Wildman–Crippen MR) is 102 cm³/mol. The van der Waals surface area contributed by atoms with Crippen LogP contribution in [-0.2, 0) is 0 Å². The van der Waals surface area contributed by atoms with Crippen molar-refractivity contribution in [2.45, 2.75) is 44.7 Å². The SMILES string of the molecule is Cc1cnc(N[C@H]2CC[C@@H](NC(=O)c3ccc(F)c(Cl)c3)CC2)cc1N. The average molecular weight is 377 g/mol. The lowest BCUT2D eigenvalue weighted by molar-refractivity contribution is 0.0926. The third kappa shape index (κ3) is 4.43. The standard InChI is InChI=1S/C19H22ClFN4O/c1-11-10-23-18(9-17(11)22)24-13-3-5-14(6-4-13)25-19(26)12-2-7-16(21)15(20)8-12/h2,7-10,13-14H,3-6H2,1H3,(H,25,26)(H3,22,23,24)/t13-,14+. The first-order valence-electron chi connectivity index (χ1n) is 8.67. The predicted octanol–water partition coefficient (Wildman–Crippen LogP) is 3.92. The summed E-state index contributed by atoms with van der Waals surface area (Å²) in [6, 6.07) is 6.25. The second-order valence-corrected chi connectivity index (χ2v) is 7.13. The van der Waals surface area contributed by atoms with Gasteiger partial charge in [-0.3, -0.25) is 4.79 Å². The normalized spacial score (nSPS) is 19.8. The van der Waals surface area contributed by atoms with Crippen LogP contribution in [-0.4, -0.2) is 23.0 Å². The Hall–Kier alpha value is -2.34. The van der Waals surface area contributed by atoms with Gasteiger partial charge in [0.25, 0.3) is 5.91 Å². The number of nitrogen functional groups attached to an aromatic ring is 1. The van der Waals surface area contributed by atoms with Crippen molar-refractivity contribution in [3.8, 4) is 0 Å². The van der Waals surface area contributed by atoms with Crippen LogP contribution >= 0.6 is 11.6 Å². The number of carbonyl (C=O) groups excluding carboxylic acids is 1. The number of benzene rings is 1. The summed E-state index contributed by atoms with van der Waals surface area (Å²) in [7, 11) is 0. The summed E-state index contributed by atoms with van der Waals surface area (Å²) in [6.45, 7) is 1.92. The van der Waals surface area contributed by atoms with Crippen molar-refractivity contribution in [1.29, 1.82) is 0 Å². The molecule has 1 fully saturated rings. The minimum absolute atomic E-state index is 0.0459. The Morgan fingerprint density at radius 2 is 1.92 bits per heavy atom. The summed E-state index contributed by atoms with van der Waals surface area (Å²) in [5, 5.41) is 6.36. The molecule has 0 unspecified atom stereocenters. The fourth-order valence-electron chi connectivity index (χ4n) is 3.12. The molecule has 1 amide bonds. The fourth-order valence-corrected chi connectivity index (χ4v) is 3.30. The van der Waals surface area contributed by atoms with Crippen LogP contribution in [0.2, 0.25) is 5.02 Å². The zero-order valence-corrected chi connectivity index (χ0v) is 15.3. The van der Waals surface area contributed by atoms with E-state index >= 15 is 0 Å². The van der Waals surface area contributed by atoms with Gasteiger partial charge in [-0.15, -0.1) is 0 Å². The van der Waals surface area contributed by atoms with Gasteiger partial charge in [0, 0.05) is 35.6 Å². The first-order valence-corrected chi connectivity index (χ1v) is 9.04. The number of pyridine rings is 1. The molecule has 2 aromatic rings. The highest BCUT2D eigenvalue weighted by Gasteiger charge is 2.23. The summed E-state index contributed by atoms with van der Waals surface area (Å²) in [5.41, 5.74) is 7.97. The van der Waals surface area contributed by atoms with Crippen molar-refractivity contribution in [2.24, 2.45) is 0 Å². The molecular weight excluding hydrogens is 355 g/mol. The quantitative estimate of drug-likeness (QED) is 0.755. The van der Waals surface area contributed by atoms with E-state index in [-0.39, 0.29) is 17.0 Å². The van der Waals surface area contributed by atoms with Gasteiger partial charge in [0.05, 0.1) is 5.02 Å². The molecule has 4 N–H and O–H groups in total. The molecule has 1 heterocycles. The second-order valence-electron chi connectivity index (χ2n) is 6.72. The highest BCUT2D eigenvalue weighted by atomic mass is 35.5. The minimum atomic E-state index is -0.528. The van der Waals surface area contributed by atoms with Crippen molar-refractivity contribution in [3.05, 3.63) is 52.4 Å². The monoisotopic (exact) mass is 376 g/mol. The summed E-state index contributed by atoms with van der Waals surface area (Å²) >= 11 is 5.74. The molecule has 1 aromatic heterocycles. The Labute approximate surface area is 157 Å². The van der Waals surface area contributed by atoms with E-state index < -0.39 is 5.82 Å². The van der Waals surface area contributed by atoms with Crippen molar-refractivity contribution in [1.82, 2.24) is 10.3 Å². The number of carbonyl (C=O) groups is 1. The Balaban J connectivity index is 1.51. The van der Waals surface area contributed by atoms with Crippen molar-refractivity contribution in [2.75, 3.05) is 11.1 Å². The van der Waals surface area contributed by atoms with Crippen LogP contribution in [0.1, 0.15) is 41.6 Å². The zero-order chi connectivity index (χ0) is 18.7. The van der Waals surface area contributed by atoms with Gasteiger partial charge in [0.15, 0.2) is 0 Å². The number of anilines is 2. The average Bonchev–Trinajstić information content (AvgIpc) is 2.62. The molecule has 1 saturated carbocycles. The maximum absolute atomic E-state index is 13.2. The first-order chi connectivity index (χ1) is 12.4. The van der Waals surface area contributed by atoms with E-state index in [1.165, 1.54) is 18.2 Å². The summed E-state index contributed by atoms with van der Waals surface area (Å²) in [6.07, 6.45) is 5.33. The number of nitrogens with one attached hydrogen (secondary N) is 2. The molecule has 1 aromatic carbocycles. The Morgan fingerprint density at radius 3 is 2.58 bits per heavy atom. The lowest BCUT2D eigenvalue weighted by Gasteiger charge is -2.30. The largest absolute Gasteiger partial charge is 0.398 e. The van der Waals surface area contributed by atoms with Crippen LogP contribution in [0.4, 0.5) is 15.9 Å². The molecule has 0 bridgehead atoms. The molecule has 0 radical (unpaired) electrons. The number of rotatable bonds is 4. The Morgan fingerprint density at radius 1 is 1.23 bits per heavy atom. The van der Waals surface area contributed by atoms with Crippen LogP contribution < -0.4 is 16.4 Å². The van der Waals surface area contributed by atoms with Gasteiger partial charge in [-0.05, 0) is 56.4 Å². The van der Waals surface area contributed by atoms with E-state index in [9.17, 15) is 9.18 Å². The van der Waals surface area contributed by atoms with Crippen molar-refractivity contribution >= 4 is 29.0 Å². The topological polar surface area (TPSA) is 80.0 Å². The van der Waals surface area contributed by atoms with Crippen LogP contribution in [0.15, 0.2) is 30.5 Å². The number of aromatic nitrogens is 1. The van der Waals surface area contributed by atoms with Gasteiger partial charge in [0.1, 0.15) is 11.6 Å². The molecule has 138 valence electrons. The van der Waals surface area contributed by atoms with Crippen LogP contribution in [0, 0.1) is 12.7 Å². The zero-order valence-electron chi connectivity index (χ0n) is 14.6. The summed E-state index contributed by atoms with van der Waals surface area (Å²) in [5.74, 6) is 0.0259. The lowest BCUT2D eigenvalue weighted by atomic mass is 9.91. The number of aryl methyl sites for hydroxylation is 1. The van der Waals surface area contributed by atoms with E-state index in [0.29, 0.717) is 11.6 Å². The number of hydrogen-bond acceptors (Lipinski definition) is 4. The van der Waals surface area contributed by atoms with Crippen molar-refractivity contribution in [3.63, 3.8) is 0 Å². The molecule has 1 aliphatic carbocycles. The summed E-state index contributed by atoms with van der Waals surface area (Å²) < 4.78 is 13.2. The number of nitrogens with two attached hydrogens (primary N) is 1. The van der Waals surface area contributed by atoms with E-state index in [1.54, 1.807) is 6.20 Å². The molecule has 0 aliphatic heterocycles. The van der Waals surface area contributed by atoms with E-state index in [1.807, 2.05) is 13.0 Å². The van der Waals surface area contributed by atoms with Crippen LogP contribution in [0.25, 0.3) is 0 Å². The molecular formula is C19H22ClFN4O. The smallest absolute Gasteiger partial charge is 0.251 e. The van der Waals surface area contributed by atoms with Gasteiger partial charge in [0.2, 0.25) is 0 Å². The van der Waals surface area contributed by atoms with E-state index in [2.05, 4.69) is 15.6 Å². The van der Waals surface area contributed by atoms with Gasteiger partial charge in [-0.25, -0.2) is 9.37 Å². The number of amides is 1. The van der Waals surface area contributed by atoms with Crippen molar-refractivity contribution < 1.29 is 9.18 Å². The maximum atomic E-state index is 13.2. The number of nitrogens with zero attached hydrogens (tertiary/aromatic N) is 1. The first kappa shape index (κ1) is 18.5. The molecule has 0 atom stereocenters. The molecule has 26 heavy (non-hydrogen) atoms. The third-order valence-electron chi connectivity index (χ3n) is 4.74. The molecule has 0 saturated heterocycles. The fraction of sp³-hybridized carbons (Fsp3) is 0.368. The molecule has 1 aliphatic rings. The highest BCUT2D eigenvalue weighted by molar-refractivity contribution is 6.31. The summed E-state index contributed by atoms with van der Waals surface area (Å²) in [4.78, 5) is 16.6. The van der Waals surface area contributed by atoms with Crippen LogP contribution in [0.3, 0.4) is 0 Å². The lowest BCUT2D eigenvalue weighted by Crippen LogP contribution is -2.40. The number of halogens is 2. The minimum Gasteiger partial charge on any atom is -0.398 e. The van der Waals surface area contributed by atoms with Gasteiger partial charge >= 0.3 is 0 Å². The molecule has 3 rings (SSSR count). The second kappa shape index (κ2) is 7.91.